The third-order valence-electron chi connectivity index (χ3n) is 8.25. The van der Waals surface area contributed by atoms with Crippen molar-refractivity contribution in [1.82, 2.24) is 4.98 Å². The van der Waals surface area contributed by atoms with Crippen LogP contribution in [0.3, 0.4) is 0 Å². The fraction of sp³-hybridized carbons (Fsp3) is 0. The van der Waals surface area contributed by atoms with Gasteiger partial charge >= 0.3 is 0 Å². The van der Waals surface area contributed by atoms with E-state index in [-0.39, 0.29) is 0 Å². The highest BCUT2D eigenvalue weighted by Crippen LogP contribution is 2.43. The van der Waals surface area contributed by atoms with Gasteiger partial charge in [0.25, 0.3) is 0 Å². The van der Waals surface area contributed by atoms with Crippen molar-refractivity contribution in [2.75, 3.05) is 4.90 Å². The molecule has 0 spiro atoms. The van der Waals surface area contributed by atoms with Crippen LogP contribution in [0.5, 0.6) is 0 Å². The van der Waals surface area contributed by atoms with Crippen molar-refractivity contribution in [1.29, 1.82) is 0 Å². The van der Waals surface area contributed by atoms with Crippen molar-refractivity contribution in [2.24, 2.45) is 0 Å². The zero-order chi connectivity index (χ0) is 28.3. The van der Waals surface area contributed by atoms with E-state index in [4.69, 9.17) is 13.8 Å². The third kappa shape index (κ3) is 3.74. The molecule has 2 heterocycles. The van der Waals surface area contributed by atoms with Gasteiger partial charge in [-0.3, -0.25) is 0 Å². The zero-order valence-corrected chi connectivity index (χ0v) is 23.1. The van der Waals surface area contributed by atoms with Gasteiger partial charge in [0.15, 0.2) is 5.58 Å². The van der Waals surface area contributed by atoms with E-state index in [1.807, 2.05) is 36.4 Å². The number of anilines is 3. The summed E-state index contributed by atoms with van der Waals surface area (Å²) in [7, 11) is 0. The van der Waals surface area contributed by atoms with Gasteiger partial charge in [-0.2, -0.15) is 0 Å². The molecule has 202 valence electrons. The predicted molar refractivity (Wildman–Crippen MR) is 176 cm³/mol. The summed E-state index contributed by atoms with van der Waals surface area (Å²) in [5.41, 5.74) is 9.89. The Labute approximate surface area is 247 Å². The summed E-state index contributed by atoms with van der Waals surface area (Å²) in [4.78, 5) is 7.30. The summed E-state index contributed by atoms with van der Waals surface area (Å²) in [5, 5.41) is 4.26. The van der Waals surface area contributed by atoms with E-state index >= 15 is 0 Å². The molecule has 43 heavy (non-hydrogen) atoms. The molecular formula is C39H24N2O2. The van der Waals surface area contributed by atoms with Crippen molar-refractivity contribution in [3.05, 3.63) is 146 Å². The van der Waals surface area contributed by atoms with Gasteiger partial charge in [-0.05, 0) is 71.8 Å². The molecule has 0 amide bonds. The highest BCUT2D eigenvalue weighted by Gasteiger charge is 2.21. The Kier molecular flexibility index (Phi) is 5.16. The molecule has 4 nitrogen and oxygen atoms in total. The Balaban J connectivity index is 1.16. The standard InChI is InChI=1S/C39H24N2O2/c1-3-10-25(11-4-1)27-12-7-15-30(24-27)41(28-13-5-2-6-14-28)29-22-20-26(21-23-29)39-40-37-31-16-8-18-33-35(31)36-32(38(37)43-39)17-9-19-34(36)42-33/h1-24H. The van der Waals surface area contributed by atoms with E-state index in [9.17, 15) is 0 Å². The number of hydrogen-bond acceptors (Lipinski definition) is 4. The fourth-order valence-corrected chi connectivity index (χ4v) is 6.29. The molecule has 4 heteroatoms. The first-order valence-corrected chi connectivity index (χ1v) is 14.4. The van der Waals surface area contributed by atoms with Crippen LogP contribution >= 0.6 is 0 Å². The highest BCUT2D eigenvalue weighted by molar-refractivity contribution is 6.31. The van der Waals surface area contributed by atoms with Gasteiger partial charge in [0.1, 0.15) is 16.7 Å². The van der Waals surface area contributed by atoms with Crippen LogP contribution in [0.15, 0.2) is 154 Å². The summed E-state index contributed by atoms with van der Waals surface area (Å²) in [6.45, 7) is 0. The molecule has 2 aromatic heterocycles. The number of aromatic nitrogens is 1. The van der Waals surface area contributed by atoms with Crippen molar-refractivity contribution >= 4 is 60.9 Å². The lowest BCUT2D eigenvalue weighted by Crippen LogP contribution is -2.09. The van der Waals surface area contributed by atoms with E-state index in [0.717, 1.165) is 66.4 Å². The lowest BCUT2D eigenvalue weighted by atomic mass is 10.0. The second-order valence-corrected chi connectivity index (χ2v) is 10.8. The number of furan rings is 1. The van der Waals surface area contributed by atoms with Gasteiger partial charge in [0.2, 0.25) is 5.89 Å². The van der Waals surface area contributed by atoms with Crippen LogP contribution in [-0.2, 0) is 0 Å². The maximum absolute atomic E-state index is 6.51. The average molecular weight is 553 g/mol. The molecule has 0 unspecified atom stereocenters. The molecule has 0 bridgehead atoms. The number of benzene rings is 7. The molecule has 0 fully saturated rings. The van der Waals surface area contributed by atoms with E-state index in [1.165, 1.54) is 11.1 Å². The molecule has 0 atom stereocenters. The Morgan fingerprint density at radius 1 is 0.442 bits per heavy atom. The third-order valence-corrected chi connectivity index (χ3v) is 8.25. The molecule has 0 aliphatic rings. The number of fused-ring (bicyclic) bond motifs is 3. The average Bonchev–Trinajstić information content (AvgIpc) is 3.70. The van der Waals surface area contributed by atoms with Crippen LogP contribution in [-0.4, -0.2) is 4.98 Å². The van der Waals surface area contributed by atoms with Crippen LogP contribution in [0.4, 0.5) is 17.1 Å². The molecule has 0 saturated heterocycles. The maximum Gasteiger partial charge on any atom is 0.227 e. The molecule has 9 rings (SSSR count). The summed E-state index contributed by atoms with van der Waals surface area (Å²) in [5.74, 6) is 0.602. The summed E-state index contributed by atoms with van der Waals surface area (Å²) in [6, 6.07) is 50.3. The van der Waals surface area contributed by atoms with Crippen molar-refractivity contribution in [2.45, 2.75) is 0 Å². The Morgan fingerprint density at radius 3 is 1.81 bits per heavy atom. The SMILES string of the molecule is c1ccc(-c2cccc(N(c3ccccc3)c3ccc(-c4nc5c6cccc7oc8cccc(c5o4)c8c76)cc3)c2)cc1. The normalized spacial score (nSPS) is 11.7. The quantitative estimate of drug-likeness (QED) is 0.199. The Morgan fingerprint density at radius 2 is 1.05 bits per heavy atom. The van der Waals surface area contributed by atoms with E-state index in [0.29, 0.717) is 5.89 Å². The van der Waals surface area contributed by atoms with Crippen LogP contribution in [0.25, 0.3) is 66.4 Å². The predicted octanol–water partition coefficient (Wildman–Crippen LogP) is 11.1. The minimum absolute atomic E-state index is 0.602. The first kappa shape index (κ1) is 23.8. The Hall–Kier alpha value is -5.87. The van der Waals surface area contributed by atoms with E-state index in [2.05, 4.69) is 114 Å². The summed E-state index contributed by atoms with van der Waals surface area (Å²) >= 11 is 0. The van der Waals surface area contributed by atoms with Gasteiger partial charge in [-0.15, -0.1) is 0 Å². The smallest absolute Gasteiger partial charge is 0.227 e. The zero-order valence-electron chi connectivity index (χ0n) is 23.1. The highest BCUT2D eigenvalue weighted by atomic mass is 16.3. The minimum atomic E-state index is 0.602. The van der Waals surface area contributed by atoms with Crippen molar-refractivity contribution in [3.63, 3.8) is 0 Å². The second kappa shape index (κ2) is 9.33. The molecule has 0 N–H and O–H groups in total. The van der Waals surface area contributed by atoms with Crippen molar-refractivity contribution < 1.29 is 8.83 Å². The molecule has 0 aliphatic heterocycles. The van der Waals surface area contributed by atoms with Gasteiger partial charge in [0, 0.05) is 44.2 Å². The largest absolute Gasteiger partial charge is 0.456 e. The van der Waals surface area contributed by atoms with E-state index < -0.39 is 0 Å². The van der Waals surface area contributed by atoms with Crippen LogP contribution in [0.1, 0.15) is 0 Å². The molecule has 0 saturated carbocycles. The molecule has 7 aromatic carbocycles. The van der Waals surface area contributed by atoms with Gasteiger partial charge in [-0.1, -0.05) is 84.9 Å². The number of nitrogens with zero attached hydrogens (tertiary/aromatic N) is 2. The number of oxazole rings is 1. The van der Waals surface area contributed by atoms with Gasteiger partial charge in [-0.25, -0.2) is 4.98 Å². The van der Waals surface area contributed by atoms with Crippen LogP contribution in [0, 0.1) is 0 Å². The summed E-state index contributed by atoms with van der Waals surface area (Å²) < 4.78 is 12.6. The Bertz CT molecular complexity index is 2300. The first-order valence-electron chi connectivity index (χ1n) is 14.4. The fourth-order valence-electron chi connectivity index (χ4n) is 6.29. The molecular weight excluding hydrogens is 528 g/mol. The number of para-hydroxylation sites is 1. The lowest BCUT2D eigenvalue weighted by molar-refractivity contribution is 0.623. The maximum atomic E-state index is 6.51. The van der Waals surface area contributed by atoms with Gasteiger partial charge in [0.05, 0.1) is 0 Å². The van der Waals surface area contributed by atoms with Crippen LogP contribution < -0.4 is 4.90 Å². The number of hydrogen-bond donors (Lipinski definition) is 0. The molecule has 0 radical (unpaired) electrons. The second-order valence-electron chi connectivity index (χ2n) is 10.8. The van der Waals surface area contributed by atoms with Gasteiger partial charge < -0.3 is 13.7 Å². The molecule has 0 aliphatic carbocycles. The number of rotatable bonds is 5. The minimum Gasteiger partial charge on any atom is -0.456 e. The summed E-state index contributed by atoms with van der Waals surface area (Å²) in [6.07, 6.45) is 0. The monoisotopic (exact) mass is 552 g/mol. The topological polar surface area (TPSA) is 42.4 Å². The molecule has 9 aromatic rings. The first-order chi connectivity index (χ1) is 21.3. The van der Waals surface area contributed by atoms with Crippen molar-refractivity contribution in [3.8, 4) is 22.6 Å². The van der Waals surface area contributed by atoms with Crippen LogP contribution in [0.2, 0.25) is 0 Å². The van der Waals surface area contributed by atoms with E-state index in [1.54, 1.807) is 0 Å². The lowest BCUT2D eigenvalue weighted by Gasteiger charge is -2.26.